The second kappa shape index (κ2) is 7.70. The molecule has 0 fully saturated rings. The van der Waals surface area contributed by atoms with Crippen LogP contribution in [0.5, 0.6) is 5.75 Å². The van der Waals surface area contributed by atoms with Gasteiger partial charge in [0.2, 0.25) is 0 Å². The molecule has 1 aromatic carbocycles. The topological polar surface area (TPSA) is 75.6 Å². The van der Waals surface area contributed by atoms with Gasteiger partial charge >= 0.3 is 5.97 Å². The average molecular weight is 359 g/mol. The highest BCUT2D eigenvalue weighted by atomic mass is 32.1. The first kappa shape index (κ1) is 17.5. The number of carbonyl (C=O) groups is 2. The maximum atomic E-state index is 12.2. The maximum absolute atomic E-state index is 12.2. The fourth-order valence-electron chi connectivity index (χ4n) is 3.00. The van der Waals surface area contributed by atoms with Crippen molar-refractivity contribution < 1.29 is 19.4 Å². The molecule has 1 aromatic heterocycles. The van der Waals surface area contributed by atoms with Crippen molar-refractivity contribution in [3.63, 3.8) is 0 Å². The summed E-state index contributed by atoms with van der Waals surface area (Å²) in [7, 11) is 0. The van der Waals surface area contributed by atoms with E-state index >= 15 is 0 Å². The third-order valence-electron chi connectivity index (χ3n) is 4.28. The second-order valence-electron chi connectivity index (χ2n) is 6.22. The minimum atomic E-state index is -0.978. The Kier molecular flexibility index (Phi) is 5.38. The molecule has 132 valence electrons. The number of carbonyl (C=O) groups excluding carboxylic acids is 1. The zero-order valence-corrected chi connectivity index (χ0v) is 14.9. The third kappa shape index (κ3) is 4.20. The molecule has 1 aliphatic carbocycles. The molecular formula is C19H21NO4S. The Morgan fingerprint density at radius 1 is 1.16 bits per heavy atom. The molecule has 6 heteroatoms. The summed E-state index contributed by atoms with van der Waals surface area (Å²) in [5, 5.41) is 12.7. The fraction of sp³-hybridized carbons (Fsp3) is 0.368. The van der Waals surface area contributed by atoms with Crippen LogP contribution in [0.2, 0.25) is 0 Å². The molecule has 0 spiro atoms. The predicted molar refractivity (Wildman–Crippen MR) is 97.8 cm³/mol. The smallest absolute Gasteiger partial charge is 0.339 e. The van der Waals surface area contributed by atoms with Crippen LogP contribution >= 0.6 is 11.3 Å². The number of aryl methyl sites for hydroxylation is 2. The van der Waals surface area contributed by atoms with Gasteiger partial charge in [-0.2, -0.15) is 0 Å². The summed E-state index contributed by atoms with van der Waals surface area (Å²) in [4.78, 5) is 25.0. The number of aromatic carboxylic acids is 1. The quantitative estimate of drug-likeness (QED) is 0.790. The van der Waals surface area contributed by atoms with Crippen molar-refractivity contribution in [3.05, 3.63) is 45.8 Å². The van der Waals surface area contributed by atoms with E-state index in [1.54, 1.807) is 12.1 Å². The molecule has 0 atom stereocenters. The number of ether oxygens (including phenoxy) is 1. The Morgan fingerprint density at radius 2 is 1.88 bits per heavy atom. The zero-order valence-electron chi connectivity index (χ0n) is 14.1. The first-order valence-corrected chi connectivity index (χ1v) is 9.23. The Balaban J connectivity index is 1.70. The third-order valence-corrected chi connectivity index (χ3v) is 5.49. The molecule has 25 heavy (non-hydrogen) atoms. The molecule has 0 aliphatic heterocycles. The van der Waals surface area contributed by atoms with E-state index in [1.165, 1.54) is 11.3 Å². The monoisotopic (exact) mass is 359 g/mol. The van der Waals surface area contributed by atoms with Crippen LogP contribution in [0.1, 0.15) is 45.6 Å². The molecule has 0 saturated carbocycles. The van der Waals surface area contributed by atoms with Crippen molar-refractivity contribution in [2.45, 2.75) is 39.0 Å². The van der Waals surface area contributed by atoms with E-state index in [0.29, 0.717) is 10.8 Å². The summed E-state index contributed by atoms with van der Waals surface area (Å²) in [5.74, 6) is -0.713. The van der Waals surface area contributed by atoms with E-state index in [9.17, 15) is 14.7 Å². The number of benzene rings is 1. The van der Waals surface area contributed by atoms with Gasteiger partial charge in [0.15, 0.2) is 6.61 Å². The van der Waals surface area contributed by atoms with Crippen molar-refractivity contribution in [1.82, 2.24) is 0 Å². The number of hydrogen-bond acceptors (Lipinski definition) is 4. The van der Waals surface area contributed by atoms with Crippen molar-refractivity contribution in [3.8, 4) is 5.75 Å². The summed E-state index contributed by atoms with van der Waals surface area (Å²) in [6, 6.07) is 7.43. The summed E-state index contributed by atoms with van der Waals surface area (Å²) < 4.78 is 5.46. The molecular weight excluding hydrogens is 338 g/mol. The Hall–Kier alpha value is -2.34. The zero-order chi connectivity index (χ0) is 17.8. The molecule has 5 nitrogen and oxygen atoms in total. The van der Waals surface area contributed by atoms with Gasteiger partial charge in [0, 0.05) is 4.88 Å². The lowest BCUT2D eigenvalue weighted by atomic mass is 10.1. The fourth-order valence-corrected chi connectivity index (χ4v) is 4.30. The van der Waals surface area contributed by atoms with Crippen molar-refractivity contribution >= 4 is 28.2 Å². The molecule has 1 heterocycles. The molecule has 0 radical (unpaired) electrons. The average Bonchev–Trinajstić information content (AvgIpc) is 2.75. The van der Waals surface area contributed by atoms with E-state index in [1.807, 2.05) is 19.1 Å². The van der Waals surface area contributed by atoms with Crippen LogP contribution in [0.15, 0.2) is 24.3 Å². The number of anilines is 1. The van der Waals surface area contributed by atoms with Crippen molar-refractivity contribution in [2.75, 3.05) is 11.9 Å². The highest BCUT2D eigenvalue weighted by Crippen LogP contribution is 2.37. The Labute approximate surface area is 150 Å². The van der Waals surface area contributed by atoms with Crippen LogP contribution < -0.4 is 10.1 Å². The van der Waals surface area contributed by atoms with Crippen LogP contribution in [0.3, 0.4) is 0 Å². The van der Waals surface area contributed by atoms with Gasteiger partial charge in [-0.05, 0) is 50.3 Å². The number of fused-ring (bicyclic) bond motifs is 1. The number of carboxylic acid groups (broad SMARTS) is 1. The highest BCUT2D eigenvalue weighted by Gasteiger charge is 2.25. The molecule has 2 N–H and O–H groups in total. The molecule has 0 saturated heterocycles. The van der Waals surface area contributed by atoms with Crippen LogP contribution in [0.25, 0.3) is 0 Å². The summed E-state index contributed by atoms with van der Waals surface area (Å²) in [6.45, 7) is 1.83. The summed E-state index contributed by atoms with van der Waals surface area (Å²) in [5.41, 5.74) is 2.26. The number of amides is 1. The molecule has 2 aromatic rings. The Bertz CT molecular complexity index is 779. The largest absolute Gasteiger partial charge is 0.484 e. The van der Waals surface area contributed by atoms with Gasteiger partial charge in [0.25, 0.3) is 5.91 Å². The lowest BCUT2D eigenvalue weighted by molar-refractivity contribution is -0.118. The number of thiophene rings is 1. The van der Waals surface area contributed by atoms with E-state index in [-0.39, 0.29) is 18.1 Å². The van der Waals surface area contributed by atoms with E-state index < -0.39 is 5.97 Å². The minimum absolute atomic E-state index is 0.148. The van der Waals surface area contributed by atoms with Gasteiger partial charge in [0.1, 0.15) is 10.8 Å². The molecule has 1 aliphatic rings. The van der Waals surface area contributed by atoms with Crippen LogP contribution in [-0.4, -0.2) is 23.6 Å². The molecule has 0 bridgehead atoms. The highest BCUT2D eigenvalue weighted by molar-refractivity contribution is 7.17. The van der Waals surface area contributed by atoms with E-state index in [0.717, 1.165) is 48.1 Å². The minimum Gasteiger partial charge on any atom is -0.484 e. The predicted octanol–water partition coefficient (Wildman–Crippen LogP) is 4.04. The SMILES string of the molecule is Cc1ccc(OCC(=O)Nc2sc3c(c2C(=O)O)CCCCC3)cc1. The number of carboxylic acids is 1. The van der Waals surface area contributed by atoms with Gasteiger partial charge in [-0.25, -0.2) is 4.79 Å². The van der Waals surface area contributed by atoms with Crippen LogP contribution in [0, 0.1) is 6.92 Å². The Morgan fingerprint density at radius 3 is 2.60 bits per heavy atom. The maximum Gasteiger partial charge on any atom is 0.339 e. The first-order valence-electron chi connectivity index (χ1n) is 8.41. The summed E-state index contributed by atoms with van der Waals surface area (Å²) in [6.07, 6.45) is 4.83. The normalized spacial score (nSPS) is 13.6. The summed E-state index contributed by atoms with van der Waals surface area (Å²) >= 11 is 1.39. The van der Waals surface area contributed by atoms with E-state index in [4.69, 9.17) is 4.74 Å². The molecule has 3 rings (SSSR count). The lowest BCUT2D eigenvalue weighted by Crippen LogP contribution is -2.21. The van der Waals surface area contributed by atoms with Gasteiger partial charge in [-0.15, -0.1) is 11.3 Å². The first-order chi connectivity index (χ1) is 12.0. The van der Waals surface area contributed by atoms with Crippen LogP contribution in [0.4, 0.5) is 5.00 Å². The second-order valence-corrected chi connectivity index (χ2v) is 7.33. The molecule has 0 unspecified atom stereocenters. The number of rotatable bonds is 5. The van der Waals surface area contributed by atoms with E-state index in [2.05, 4.69) is 5.32 Å². The lowest BCUT2D eigenvalue weighted by Gasteiger charge is -2.08. The van der Waals surface area contributed by atoms with Crippen molar-refractivity contribution in [1.29, 1.82) is 0 Å². The van der Waals surface area contributed by atoms with Gasteiger partial charge in [0.05, 0.1) is 5.56 Å². The molecule has 1 amide bonds. The van der Waals surface area contributed by atoms with Gasteiger partial charge in [-0.1, -0.05) is 24.1 Å². The van der Waals surface area contributed by atoms with Crippen LogP contribution in [-0.2, 0) is 17.6 Å². The van der Waals surface area contributed by atoms with Gasteiger partial charge < -0.3 is 15.2 Å². The van der Waals surface area contributed by atoms with Gasteiger partial charge in [-0.3, -0.25) is 4.79 Å². The van der Waals surface area contributed by atoms with Crippen molar-refractivity contribution in [2.24, 2.45) is 0 Å². The number of hydrogen-bond donors (Lipinski definition) is 2. The standard InChI is InChI=1S/C19H21NO4S/c1-12-7-9-13(10-8-12)24-11-16(21)20-18-17(19(22)23)14-5-3-2-4-6-15(14)25-18/h7-10H,2-6,11H2,1H3,(H,20,21)(H,22,23). The number of nitrogens with one attached hydrogen (secondary N) is 1.